The number of aromatic nitrogens is 2. The number of nitrogens with zero attached hydrogens (tertiary/aromatic N) is 3. The van der Waals surface area contributed by atoms with Gasteiger partial charge in [0.2, 0.25) is 0 Å². The molecule has 0 amide bonds. The fourth-order valence-corrected chi connectivity index (χ4v) is 2.69. The molecule has 0 atom stereocenters. The van der Waals surface area contributed by atoms with Crippen molar-refractivity contribution in [2.45, 2.75) is 19.3 Å². The van der Waals surface area contributed by atoms with Crippen molar-refractivity contribution in [2.75, 3.05) is 0 Å². The van der Waals surface area contributed by atoms with Crippen molar-refractivity contribution in [1.29, 1.82) is 5.26 Å². The quantitative estimate of drug-likeness (QED) is 0.848. The highest BCUT2D eigenvalue weighted by atomic mass is 79.9. The number of nitriles is 1. The number of rotatable bonds is 2. The summed E-state index contributed by atoms with van der Waals surface area (Å²) in [6, 6.07) is 6.08. The van der Waals surface area contributed by atoms with Gasteiger partial charge in [-0.15, -0.1) is 11.3 Å². The van der Waals surface area contributed by atoms with Crippen molar-refractivity contribution < 1.29 is 0 Å². The van der Waals surface area contributed by atoms with Gasteiger partial charge in [0.25, 0.3) is 0 Å². The van der Waals surface area contributed by atoms with Gasteiger partial charge in [0.05, 0.1) is 16.6 Å². The molecule has 17 heavy (non-hydrogen) atoms. The van der Waals surface area contributed by atoms with Crippen LogP contribution >= 0.6 is 27.3 Å². The average Bonchev–Trinajstić information content (AvgIpc) is 2.76. The smallest absolute Gasteiger partial charge is 0.148 e. The molecule has 0 aliphatic heterocycles. The molecule has 2 rings (SSSR count). The van der Waals surface area contributed by atoms with Crippen LogP contribution in [0.15, 0.2) is 28.2 Å². The van der Waals surface area contributed by atoms with Crippen LogP contribution in [0.2, 0.25) is 0 Å². The first-order valence-corrected chi connectivity index (χ1v) is 6.69. The summed E-state index contributed by atoms with van der Waals surface area (Å²) in [7, 11) is 0. The molecule has 0 radical (unpaired) electrons. The molecule has 2 heterocycles. The second kappa shape index (κ2) is 4.55. The summed E-state index contributed by atoms with van der Waals surface area (Å²) in [5.41, 5.74) is 0.193. The molecule has 0 spiro atoms. The standard InChI is InChI=1S/C12H10BrN3S/c1-12(2,7-14)11-15-4-3-9(16-11)10-5-8(13)6-17-10/h3-6H,1-2H3. The molecule has 0 bridgehead atoms. The SMILES string of the molecule is CC(C)(C#N)c1nccc(-c2cc(Br)cs2)n1. The second-order valence-corrected chi connectivity index (χ2v) is 5.96. The highest BCUT2D eigenvalue weighted by molar-refractivity contribution is 9.10. The minimum atomic E-state index is -0.662. The third kappa shape index (κ3) is 2.54. The maximum absolute atomic E-state index is 9.08. The third-order valence-corrected chi connectivity index (χ3v) is 4.03. The van der Waals surface area contributed by atoms with Crippen LogP contribution in [0.1, 0.15) is 19.7 Å². The molecule has 0 saturated carbocycles. The van der Waals surface area contributed by atoms with E-state index in [1.54, 1.807) is 17.5 Å². The first-order chi connectivity index (χ1) is 8.03. The molecule has 2 aromatic heterocycles. The van der Waals surface area contributed by atoms with Crippen LogP contribution in [0.3, 0.4) is 0 Å². The molecular weight excluding hydrogens is 298 g/mol. The van der Waals surface area contributed by atoms with E-state index in [9.17, 15) is 0 Å². The van der Waals surface area contributed by atoms with Crippen molar-refractivity contribution in [1.82, 2.24) is 9.97 Å². The second-order valence-electron chi connectivity index (χ2n) is 4.13. The van der Waals surface area contributed by atoms with Gasteiger partial charge in [-0.05, 0) is 41.9 Å². The summed E-state index contributed by atoms with van der Waals surface area (Å²) in [4.78, 5) is 9.69. The van der Waals surface area contributed by atoms with Gasteiger partial charge in [0.15, 0.2) is 0 Å². The summed E-state index contributed by atoms with van der Waals surface area (Å²) in [6.45, 7) is 3.63. The monoisotopic (exact) mass is 307 g/mol. The Morgan fingerprint density at radius 1 is 1.47 bits per heavy atom. The van der Waals surface area contributed by atoms with Crippen LogP contribution in [-0.4, -0.2) is 9.97 Å². The molecule has 0 N–H and O–H groups in total. The maximum Gasteiger partial charge on any atom is 0.148 e. The molecule has 0 aliphatic rings. The molecule has 0 fully saturated rings. The van der Waals surface area contributed by atoms with Crippen molar-refractivity contribution in [3.63, 3.8) is 0 Å². The Morgan fingerprint density at radius 3 is 2.82 bits per heavy atom. The van der Waals surface area contributed by atoms with Gasteiger partial charge in [-0.3, -0.25) is 0 Å². The Kier molecular flexibility index (Phi) is 3.27. The minimum absolute atomic E-state index is 0.557. The van der Waals surface area contributed by atoms with Gasteiger partial charge in [0.1, 0.15) is 11.2 Å². The predicted molar refractivity (Wildman–Crippen MR) is 71.7 cm³/mol. The van der Waals surface area contributed by atoms with E-state index in [2.05, 4.69) is 32.0 Å². The van der Waals surface area contributed by atoms with Crippen LogP contribution in [-0.2, 0) is 5.41 Å². The highest BCUT2D eigenvalue weighted by Crippen LogP contribution is 2.29. The van der Waals surface area contributed by atoms with Gasteiger partial charge in [-0.1, -0.05) is 0 Å². The Morgan fingerprint density at radius 2 is 2.24 bits per heavy atom. The zero-order valence-electron chi connectivity index (χ0n) is 9.44. The molecular formula is C12H10BrN3S. The van der Waals surface area contributed by atoms with E-state index < -0.39 is 5.41 Å². The molecule has 5 heteroatoms. The van der Waals surface area contributed by atoms with Crippen LogP contribution < -0.4 is 0 Å². The van der Waals surface area contributed by atoms with E-state index in [0.29, 0.717) is 5.82 Å². The summed E-state index contributed by atoms with van der Waals surface area (Å²) in [5, 5.41) is 11.1. The topological polar surface area (TPSA) is 49.6 Å². The van der Waals surface area contributed by atoms with E-state index in [4.69, 9.17) is 5.26 Å². The highest BCUT2D eigenvalue weighted by Gasteiger charge is 2.23. The summed E-state index contributed by atoms with van der Waals surface area (Å²) < 4.78 is 1.04. The van der Waals surface area contributed by atoms with E-state index >= 15 is 0 Å². The lowest BCUT2D eigenvalue weighted by Gasteiger charge is -2.13. The van der Waals surface area contributed by atoms with Gasteiger partial charge in [0, 0.05) is 16.0 Å². The van der Waals surface area contributed by atoms with E-state index in [0.717, 1.165) is 15.0 Å². The molecule has 0 aliphatic carbocycles. The average molecular weight is 308 g/mol. The van der Waals surface area contributed by atoms with Gasteiger partial charge < -0.3 is 0 Å². The lowest BCUT2D eigenvalue weighted by molar-refractivity contribution is 0.630. The molecule has 2 aromatic rings. The fraction of sp³-hybridized carbons (Fsp3) is 0.250. The fourth-order valence-electron chi connectivity index (χ4n) is 1.29. The summed E-state index contributed by atoms with van der Waals surface area (Å²) in [6.07, 6.45) is 1.70. The van der Waals surface area contributed by atoms with Crippen molar-refractivity contribution in [3.05, 3.63) is 34.0 Å². The lowest BCUT2D eigenvalue weighted by Crippen LogP contribution is -2.18. The number of hydrogen-bond acceptors (Lipinski definition) is 4. The Bertz CT molecular complexity index is 583. The van der Waals surface area contributed by atoms with Crippen LogP contribution in [0.5, 0.6) is 0 Å². The largest absolute Gasteiger partial charge is 0.240 e. The van der Waals surface area contributed by atoms with Crippen molar-refractivity contribution in [2.24, 2.45) is 0 Å². The van der Waals surface area contributed by atoms with Crippen LogP contribution in [0, 0.1) is 11.3 Å². The molecule has 86 valence electrons. The normalized spacial score (nSPS) is 11.2. The predicted octanol–water partition coefficient (Wildman–Crippen LogP) is 3.77. The van der Waals surface area contributed by atoms with E-state index in [1.807, 2.05) is 31.4 Å². The van der Waals surface area contributed by atoms with Gasteiger partial charge in [-0.2, -0.15) is 5.26 Å². The lowest BCUT2D eigenvalue weighted by atomic mass is 9.95. The molecule has 3 nitrogen and oxygen atoms in total. The zero-order valence-corrected chi connectivity index (χ0v) is 11.8. The van der Waals surface area contributed by atoms with Crippen LogP contribution in [0.25, 0.3) is 10.6 Å². The number of halogens is 1. The molecule has 0 saturated heterocycles. The third-order valence-electron chi connectivity index (χ3n) is 2.31. The number of hydrogen-bond donors (Lipinski definition) is 0. The first-order valence-electron chi connectivity index (χ1n) is 5.02. The maximum atomic E-state index is 9.08. The first kappa shape index (κ1) is 12.2. The Balaban J connectivity index is 2.46. The van der Waals surface area contributed by atoms with Crippen molar-refractivity contribution >= 4 is 27.3 Å². The Hall–Kier alpha value is -1.25. The van der Waals surface area contributed by atoms with E-state index in [1.165, 1.54) is 0 Å². The van der Waals surface area contributed by atoms with E-state index in [-0.39, 0.29) is 0 Å². The molecule has 0 aromatic carbocycles. The summed E-state index contributed by atoms with van der Waals surface area (Å²) in [5.74, 6) is 0.557. The minimum Gasteiger partial charge on any atom is -0.240 e. The van der Waals surface area contributed by atoms with Crippen molar-refractivity contribution in [3.8, 4) is 16.6 Å². The molecule has 0 unspecified atom stereocenters. The Labute approximate surface area is 112 Å². The summed E-state index contributed by atoms with van der Waals surface area (Å²) >= 11 is 5.03. The van der Waals surface area contributed by atoms with Crippen LogP contribution in [0.4, 0.5) is 0 Å². The number of thiophene rings is 1. The van der Waals surface area contributed by atoms with Gasteiger partial charge >= 0.3 is 0 Å². The zero-order chi connectivity index (χ0) is 12.5. The van der Waals surface area contributed by atoms with Gasteiger partial charge in [-0.25, -0.2) is 9.97 Å².